The molecule has 4 heteroatoms. The maximum Gasteiger partial charge on any atom is 0.142 e. The molecule has 0 fully saturated rings. The van der Waals surface area contributed by atoms with E-state index in [0.717, 1.165) is 16.6 Å². The van der Waals surface area contributed by atoms with Crippen LogP contribution in [0.25, 0.3) is 11.0 Å². The van der Waals surface area contributed by atoms with Gasteiger partial charge in [0.05, 0.1) is 5.39 Å². The number of aryl methyl sites for hydroxylation is 1. The van der Waals surface area contributed by atoms with Gasteiger partial charge in [0.15, 0.2) is 0 Å². The van der Waals surface area contributed by atoms with E-state index < -0.39 is 0 Å². The molecule has 0 saturated heterocycles. The van der Waals surface area contributed by atoms with E-state index in [0.29, 0.717) is 5.15 Å². The van der Waals surface area contributed by atoms with Crippen molar-refractivity contribution in [2.24, 2.45) is 0 Å². The molecule has 3 nitrogen and oxygen atoms in total. The van der Waals surface area contributed by atoms with Gasteiger partial charge in [-0.05, 0) is 12.5 Å². The summed E-state index contributed by atoms with van der Waals surface area (Å²) in [6.45, 7) is 9.97. The molecule has 1 N–H and O–H groups in total. The van der Waals surface area contributed by atoms with Crippen LogP contribution >= 0.6 is 11.6 Å². The lowest BCUT2D eigenvalue weighted by Gasteiger charge is -1.91. The minimum absolute atomic E-state index is 0.508. The summed E-state index contributed by atoms with van der Waals surface area (Å²) in [4.78, 5) is 10.9. The first kappa shape index (κ1) is 13.9. The van der Waals surface area contributed by atoms with Gasteiger partial charge in [-0.25, -0.2) is 9.97 Å². The van der Waals surface area contributed by atoms with Gasteiger partial charge in [-0.3, -0.25) is 0 Å². The Morgan fingerprint density at radius 2 is 1.73 bits per heavy atom. The van der Waals surface area contributed by atoms with Crippen LogP contribution in [0.1, 0.15) is 33.3 Å². The number of aromatic amines is 1. The molecule has 15 heavy (non-hydrogen) atoms. The van der Waals surface area contributed by atoms with E-state index in [1.165, 1.54) is 6.33 Å². The zero-order chi connectivity index (χ0) is 11.8. The molecule has 84 valence electrons. The summed E-state index contributed by atoms with van der Waals surface area (Å²) >= 11 is 5.83. The van der Waals surface area contributed by atoms with Crippen LogP contribution < -0.4 is 0 Å². The van der Waals surface area contributed by atoms with Crippen LogP contribution in [0.2, 0.25) is 5.15 Å². The largest absolute Gasteiger partial charge is 0.346 e. The van der Waals surface area contributed by atoms with Gasteiger partial charge in [-0.2, -0.15) is 0 Å². The molecule has 2 heterocycles. The Balaban J connectivity index is 0.000000442. The van der Waals surface area contributed by atoms with Gasteiger partial charge < -0.3 is 4.98 Å². The maximum absolute atomic E-state index is 5.83. The molecule has 0 aromatic carbocycles. The molecule has 0 aliphatic heterocycles. The summed E-state index contributed by atoms with van der Waals surface area (Å²) in [5.41, 5.74) is 1.87. The number of hydrogen-bond donors (Lipinski definition) is 1. The quantitative estimate of drug-likeness (QED) is 0.692. The van der Waals surface area contributed by atoms with Crippen LogP contribution in [0.4, 0.5) is 0 Å². The summed E-state index contributed by atoms with van der Waals surface area (Å²) in [6, 6.07) is 0. The number of aromatic nitrogens is 3. The van der Waals surface area contributed by atoms with Crippen molar-refractivity contribution in [1.82, 2.24) is 15.0 Å². The van der Waals surface area contributed by atoms with Gasteiger partial charge in [0.2, 0.25) is 0 Å². The summed E-state index contributed by atoms with van der Waals surface area (Å²) in [5.74, 6) is 0. The topological polar surface area (TPSA) is 41.6 Å². The number of nitrogens with zero attached hydrogens (tertiary/aromatic N) is 2. The number of fused-ring (bicyclic) bond motifs is 1. The molecule has 0 aliphatic rings. The highest BCUT2D eigenvalue weighted by Crippen LogP contribution is 2.21. The SMILES string of the molecule is CC.CC.Cc1c[nH]c2ncnc(Cl)c12. The third-order valence-electron chi connectivity index (χ3n) is 1.62. The van der Waals surface area contributed by atoms with E-state index in [9.17, 15) is 0 Å². The Kier molecular flexibility index (Phi) is 6.71. The molecular formula is C11H18ClN3. The molecule has 0 atom stereocenters. The van der Waals surface area contributed by atoms with Crippen molar-refractivity contribution in [2.45, 2.75) is 34.6 Å². The Labute approximate surface area is 95.9 Å². The van der Waals surface area contributed by atoms with Gasteiger partial charge in [-0.15, -0.1) is 0 Å². The molecule has 0 radical (unpaired) electrons. The van der Waals surface area contributed by atoms with E-state index in [-0.39, 0.29) is 0 Å². The smallest absolute Gasteiger partial charge is 0.142 e. The number of hydrogen-bond acceptors (Lipinski definition) is 2. The van der Waals surface area contributed by atoms with Crippen molar-refractivity contribution in [3.8, 4) is 0 Å². The lowest BCUT2D eigenvalue weighted by molar-refractivity contribution is 1.20. The molecule has 0 bridgehead atoms. The van der Waals surface area contributed by atoms with Crippen LogP contribution in [-0.4, -0.2) is 15.0 Å². The maximum atomic E-state index is 5.83. The lowest BCUT2D eigenvalue weighted by atomic mass is 10.3. The highest BCUT2D eigenvalue weighted by atomic mass is 35.5. The second-order valence-corrected chi connectivity index (χ2v) is 2.72. The summed E-state index contributed by atoms with van der Waals surface area (Å²) < 4.78 is 0. The first-order valence-corrected chi connectivity index (χ1v) is 5.61. The third-order valence-corrected chi connectivity index (χ3v) is 1.91. The number of H-pyrrole nitrogens is 1. The first-order chi connectivity index (χ1) is 7.29. The molecular weight excluding hydrogens is 210 g/mol. The minimum Gasteiger partial charge on any atom is -0.346 e. The van der Waals surface area contributed by atoms with Crippen LogP contribution in [0.15, 0.2) is 12.5 Å². The third kappa shape index (κ3) is 3.20. The minimum atomic E-state index is 0.508. The number of nitrogens with one attached hydrogen (secondary N) is 1. The molecule has 0 unspecified atom stereocenters. The normalized spacial score (nSPS) is 8.67. The molecule has 0 spiro atoms. The Hall–Kier alpha value is -1.09. The first-order valence-electron chi connectivity index (χ1n) is 5.23. The highest BCUT2D eigenvalue weighted by Gasteiger charge is 2.04. The predicted molar refractivity (Wildman–Crippen MR) is 66.3 cm³/mol. The molecule has 0 amide bonds. The summed E-state index contributed by atoms with van der Waals surface area (Å²) in [6.07, 6.45) is 3.31. The fourth-order valence-electron chi connectivity index (χ4n) is 1.07. The van der Waals surface area contributed by atoms with E-state index in [1.807, 2.05) is 40.8 Å². The van der Waals surface area contributed by atoms with Crippen LogP contribution in [-0.2, 0) is 0 Å². The summed E-state index contributed by atoms with van der Waals surface area (Å²) in [5, 5.41) is 1.42. The van der Waals surface area contributed by atoms with Crippen molar-refractivity contribution in [2.75, 3.05) is 0 Å². The van der Waals surface area contributed by atoms with E-state index in [4.69, 9.17) is 11.6 Å². The van der Waals surface area contributed by atoms with Gasteiger partial charge in [-0.1, -0.05) is 39.3 Å². The van der Waals surface area contributed by atoms with Gasteiger partial charge in [0.25, 0.3) is 0 Å². The van der Waals surface area contributed by atoms with Crippen molar-refractivity contribution < 1.29 is 0 Å². The average Bonchev–Trinajstić information content (AvgIpc) is 2.68. The Bertz CT molecular complexity index is 396. The zero-order valence-electron chi connectivity index (χ0n) is 9.93. The monoisotopic (exact) mass is 227 g/mol. The average molecular weight is 228 g/mol. The predicted octanol–water partition coefficient (Wildman–Crippen LogP) is 3.97. The number of halogens is 1. The second-order valence-electron chi connectivity index (χ2n) is 2.36. The van der Waals surface area contributed by atoms with Crippen LogP contribution in [0, 0.1) is 6.92 Å². The fraction of sp³-hybridized carbons (Fsp3) is 0.455. The van der Waals surface area contributed by atoms with E-state index >= 15 is 0 Å². The highest BCUT2D eigenvalue weighted by molar-refractivity contribution is 6.34. The molecule has 0 saturated carbocycles. The van der Waals surface area contributed by atoms with Gasteiger partial charge in [0.1, 0.15) is 17.1 Å². The lowest BCUT2D eigenvalue weighted by Crippen LogP contribution is -1.80. The van der Waals surface area contributed by atoms with Gasteiger partial charge >= 0.3 is 0 Å². The zero-order valence-corrected chi connectivity index (χ0v) is 10.7. The van der Waals surface area contributed by atoms with Crippen LogP contribution in [0.3, 0.4) is 0 Å². The van der Waals surface area contributed by atoms with Crippen molar-refractivity contribution in [3.63, 3.8) is 0 Å². The van der Waals surface area contributed by atoms with Crippen molar-refractivity contribution >= 4 is 22.6 Å². The molecule has 2 rings (SSSR count). The molecule has 2 aromatic heterocycles. The molecule has 0 aliphatic carbocycles. The van der Waals surface area contributed by atoms with Crippen molar-refractivity contribution in [1.29, 1.82) is 0 Å². The fourth-order valence-corrected chi connectivity index (χ4v) is 1.35. The van der Waals surface area contributed by atoms with E-state index in [1.54, 1.807) is 0 Å². The standard InChI is InChI=1S/C7H6ClN3.2C2H6/c1-4-2-9-7-5(4)6(8)10-3-11-7;2*1-2/h2-3H,1H3,(H,9,10,11);2*1-2H3. The second kappa shape index (κ2) is 7.23. The number of rotatable bonds is 0. The van der Waals surface area contributed by atoms with E-state index in [2.05, 4.69) is 15.0 Å². The van der Waals surface area contributed by atoms with Crippen molar-refractivity contribution in [3.05, 3.63) is 23.2 Å². The van der Waals surface area contributed by atoms with Crippen LogP contribution in [0.5, 0.6) is 0 Å². The van der Waals surface area contributed by atoms with Gasteiger partial charge in [0, 0.05) is 6.20 Å². The molecule has 2 aromatic rings. The summed E-state index contributed by atoms with van der Waals surface area (Å²) in [7, 11) is 0. The Morgan fingerprint density at radius 3 is 2.27 bits per heavy atom. The Morgan fingerprint density at radius 1 is 1.13 bits per heavy atom.